The highest BCUT2D eigenvalue weighted by molar-refractivity contribution is 7.99. The summed E-state index contributed by atoms with van der Waals surface area (Å²) in [5, 5.41) is 1.21. The molecule has 0 radical (unpaired) electrons. The highest BCUT2D eigenvalue weighted by atomic mass is 35.5. The molecule has 0 aromatic carbocycles. The van der Waals surface area contributed by atoms with Crippen LogP contribution in [-0.4, -0.2) is 16.8 Å². The molecule has 13 heavy (non-hydrogen) atoms. The van der Waals surface area contributed by atoms with E-state index in [9.17, 15) is 0 Å². The van der Waals surface area contributed by atoms with Gasteiger partial charge in [-0.3, -0.25) is 4.98 Å². The maximum absolute atomic E-state index is 5.82. The first kappa shape index (κ1) is 10.8. The molecule has 0 amide bonds. The topological polar surface area (TPSA) is 38.9 Å². The van der Waals surface area contributed by atoms with Crippen molar-refractivity contribution >= 4 is 23.4 Å². The van der Waals surface area contributed by atoms with Crippen LogP contribution < -0.4 is 5.73 Å². The first-order valence-corrected chi connectivity index (χ1v) is 5.57. The van der Waals surface area contributed by atoms with Crippen LogP contribution in [0.3, 0.4) is 0 Å². The molecule has 1 aromatic rings. The van der Waals surface area contributed by atoms with Crippen molar-refractivity contribution in [2.24, 2.45) is 5.73 Å². The van der Waals surface area contributed by atoms with E-state index < -0.39 is 0 Å². The van der Waals surface area contributed by atoms with E-state index in [4.69, 9.17) is 17.3 Å². The van der Waals surface area contributed by atoms with Crippen molar-refractivity contribution in [3.8, 4) is 0 Å². The number of rotatable bonds is 4. The van der Waals surface area contributed by atoms with Crippen molar-refractivity contribution in [3.63, 3.8) is 0 Å². The lowest BCUT2D eigenvalue weighted by Crippen LogP contribution is -2.12. The molecule has 2 nitrogen and oxygen atoms in total. The summed E-state index contributed by atoms with van der Waals surface area (Å²) in [6.45, 7) is 2.81. The molecule has 2 N–H and O–H groups in total. The molecule has 0 saturated carbocycles. The van der Waals surface area contributed by atoms with Gasteiger partial charge in [-0.25, -0.2) is 0 Å². The van der Waals surface area contributed by atoms with Crippen LogP contribution in [-0.2, 0) is 5.75 Å². The van der Waals surface area contributed by atoms with Crippen LogP contribution in [0.15, 0.2) is 18.3 Å². The molecule has 1 unspecified atom stereocenters. The second-order valence-electron chi connectivity index (χ2n) is 2.82. The summed E-state index contributed by atoms with van der Waals surface area (Å²) < 4.78 is 0. The second-order valence-corrected chi connectivity index (χ2v) is 4.69. The normalized spacial score (nSPS) is 12.8. The Balaban J connectivity index is 2.45. The van der Waals surface area contributed by atoms with Gasteiger partial charge in [0.2, 0.25) is 0 Å². The van der Waals surface area contributed by atoms with Crippen molar-refractivity contribution in [2.75, 3.05) is 6.54 Å². The quantitative estimate of drug-likeness (QED) is 0.840. The van der Waals surface area contributed by atoms with E-state index in [0.717, 1.165) is 16.5 Å². The Hall–Kier alpha value is -0.250. The smallest absolute Gasteiger partial charge is 0.0517 e. The van der Waals surface area contributed by atoms with Crippen LogP contribution in [0, 0.1) is 0 Å². The average molecular weight is 217 g/mol. The first-order chi connectivity index (χ1) is 6.22. The Kier molecular flexibility index (Phi) is 4.56. The molecule has 0 saturated heterocycles. The third-order valence-corrected chi connectivity index (χ3v) is 3.09. The lowest BCUT2D eigenvalue weighted by atomic mass is 10.4. The zero-order chi connectivity index (χ0) is 9.68. The number of halogens is 1. The maximum atomic E-state index is 5.82. The average Bonchev–Trinajstić information content (AvgIpc) is 2.14. The largest absolute Gasteiger partial charge is 0.329 e. The summed E-state index contributed by atoms with van der Waals surface area (Å²) in [4.78, 5) is 4.20. The van der Waals surface area contributed by atoms with Gasteiger partial charge in [0.1, 0.15) is 0 Å². The Labute approximate surface area is 87.9 Å². The van der Waals surface area contributed by atoms with E-state index in [2.05, 4.69) is 11.9 Å². The monoisotopic (exact) mass is 216 g/mol. The van der Waals surface area contributed by atoms with E-state index in [-0.39, 0.29) is 0 Å². The summed E-state index contributed by atoms with van der Waals surface area (Å²) in [7, 11) is 0. The fourth-order valence-corrected chi connectivity index (χ4v) is 1.75. The molecule has 0 spiro atoms. The summed E-state index contributed by atoms with van der Waals surface area (Å²) in [5.41, 5.74) is 6.51. The Bertz CT molecular complexity index is 268. The molecule has 1 rings (SSSR count). The van der Waals surface area contributed by atoms with E-state index >= 15 is 0 Å². The van der Waals surface area contributed by atoms with Gasteiger partial charge < -0.3 is 5.73 Å². The minimum Gasteiger partial charge on any atom is -0.329 e. The fraction of sp³-hybridized carbons (Fsp3) is 0.444. The van der Waals surface area contributed by atoms with Crippen LogP contribution in [0.2, 0.25) is 5.02 Å². The number of aromatic nitrogens is 1. The van der Waals surface area contributed by atoms with Crippen molar-refractivity contribution in [3.05, 3.63) is 29.0 Å². The molecule has 0 bridgehead atoms. The molecule has 1 atom stereocenters. The van der Waals surface area contributed by atoms with Crippen molar-refractivity contribution in [1.82, 2.24) is 4.98 Å². The van der Waals surface area contributed by atoms with Crippen LogP contribution in [0.5, 0.6) is 0 Å². The zero-order valence-corrected chi connectivity index (χ0v) is 9.11. The first-order valence-electron chi connectivity index (χ1n) is 4.14. The lowest BCUT2D eigenvalue weighted by molar-refractivity contribution is 0.949. The van der Waals surface area contributed by atoms with Crippen LogP contribution in [0.4, 0.5) is 0 Å². The minimum absolute atomic E-state index is 0.473. The highest BCUT2D eigenvalue weighted by Gasteiger charge is 2.01. The molecule has 1 aromatic heterocycles. The zero-order valence-electron chi connectivity index (χ0n) is 7.53. The maximum Gasteiger partial charge on any atom is 0.0517 e. The Morgan fingerprint density at radius 2 is 2.46 bits per heavy atom. The van der Waals surface area contributed by atoms with Gasteiger partial charge in [-0.1, -0.05) is 18.5 Å². The molecule has 72 valence electrons. The van der Waals surface area contributed by atoms with Gasteiger partial charge >= 0.3 is 0 Å². The van der Waals surface area contributed by atoms with Crippen molar-refractivity contribution in [1.29, 1.82) is 0 Å². The fourth-order valence-electron chi connectivity index (χ4n) is 0.823. The predicted octanol–water partition coefficient (Wildman–Crippen LogP) is 2.32. The lowest BCUT2D eigenvalue weighted by Gasteiger charge is -2.06. The molecular weight excluding hydrogens is 204 g/mol. The minimum atomic E-state index is 0.473. The Morgan fingerprint density at radius 1 is 1.69 bits per heavy atom. The van der Waals surface area contributed by atoms with Gasteiger partial charge in [-0.15, -0.1) is 0 Å². The molecule has 1 heterocycles. The predicted molar refractivity (Wildman–Crippen MR) is 59.1 cm³/mol. The molecule has 0 aliphatic heterocycles. The van der Waals surface area contributed by atoms with E-state index in [1.54, 1.807) is 24.0 Å². The summed E-state index contributed by atoms with van der Waals surface area (Å²) in [5.74, 6) is 0.874. The summed E-state index contributed by atoms with van der Waals surface area (Å²) in [6.07, 6.45) is 1.73. The van der Waals surface area contributed by atoms with Crippen LogP contribution in [0.25, 0.3) is 0 Å². The molecule has 0 aliphatic carbocycles. The van der Waals surface area contributed by atoms with E-state index in [1.165, 1.54) is 0 Å². The number of nitrogens with two attached hydrogens (primary N) is 1. The number of nitrogens with zero attached hydrogens (tertiary/aromatic N) is 1. The molecule has 0 fully saturated rings. The summed E-state index contributed by atoms with van der Waals surface area (Å²) in [6, 6.07) is 3.67. The third-order valence-electron chi connectivity index (χ3n) is 1.63. The van der Waals surface area contributed by atoms with Crippen LogP contribution >= 0.6 is 23.4 Å². The van der Waals surface area contributed by atoms with Gasteiger partial charge in [-0.2, -0.15) is 11.8 Å². The van der Waals surface area contributed by atoms with Crippen molar-refractivity contribution in [2.45, 2.75) is 17.9 Å². The van der Waals surface area contributed by atoms with Crippen LogP contribution in [0.1, 0.15) is 12.6 Å². The molecule has 4 heteroatoms. The molecule has 0 aliphatic rings. The SMILES string of the molecule is CC(CN)SCc1cc(Cl)ccn1. The number of thioether (sulfide) groups is 1. The number of pyridine rings is 1. The molecular formula is C9H13ClN2S. The second kappa shape index (κ2) is 5.47. The van der Waals surface area contributed by atoms with E-state index in [1.807, 2.05) is 6.07 Å². The van der Waals surface area contributed by atoms with Gasteiger partial charge in [0, 0.05) is 28.8 Å². The number of hydrogen-bond donors (Lipinski definition) is 1. The van der Waals surface area contributed by atoms with Gasteiger partial charge in [0.15, 0.2) is 0 Å². The van der Waals surface area contributed by atoms with E-state index in [0.29, 0.717) is 11.8 Å². The highest BCUT2D eigenvalue weighted by Crippen LogP contribution is 2.17. The summed E-state index contributed by atoms with van der Waals surface area (Å²) >= 11 is 7.61. The third kappa shape index (κ3) is 3.98. The van der Waals surface area contributed by atoms with Crippen molar-refractivity contribution < 1.29 is 0 Å². The van der Waals surface area contributed by atoms with Gasteiger partial charge in [0.05, 0.1) is 5.69 Å². The number of hydrogen-bond acceptors (Lipinski definition) is 3. The Morgan fingerprint density at radius 3 is 3.08 bits per heavy atom. The van der Waals surface area contributed by atoms with Gasteiger partial charge in [0.25, 0.3) is 0 Å². The standard InChI is InChI=1S/C9H13ClN2S/c1-7(5-11)13-6-9-4-8(10)2-3-12-9/h2-4,7H,5-6,11H2,1H3. The van der Waals surface area contributed by atoms with Gasteiger partial charge in [-0.05, 0) is 12.1 Å².